The first-order chi connectivity index (χ1) is 20.8. The third kappa shape index (κ3) is 6.12. The topological polar surface area (TPSA) is 65.1 Å². The second-order valence-corrected chi connectivity index (χ2v) is 13.8. The number of halogens is 1. The van der Waals surface area contributed by atoms with Gasteiger partial charge in [0.25, 0.3) is 0 Å². The number of fused-ring (bicyclic) bond motifs is 3. The molecule has 0 bridgehead atoms. The number of hydrogen-bond donors (Lipinski definition) is 0. The van der Waals surface area contributed by atoms with Gasteiger partial charge in [-0.15, -0.1) is 0 Å². The van der Waals surface area contributed by atoms with Crippen LogP contribution in [0.2, 0.25) is 5.02 Å². The van der Waals surface area contributed by atoms with Crippen LogP contribution in [0.3, 0.4) is 0 Å². The zero-order chi connectivity index (χ0) is 30.0. The lowest BCUT2D eigenvalue weighted by Crippen LogP contribution is -2.36. The molecular formula is C35H36ClNO5S. The second-order valence-electron chi connectivity index (χ2n) is 11.5. The fourth-order valence-corrected chi connectivity index (χ4v) is 8.07. The van der Waals surface area contributed by atoms with Crippen LogP contribution in [0.4, 0.5) is 0 Å². The molecule has 0 saturated heterocycles. The van der Waals surface area contributed by atoms with Gasteiger partial charge in [0.05, 0.1) is 25.7 Å². The minimum atomic E-state index is -3.86. The van der Waals surface area contributed by atoms with Crippen LogP contribution in [0, 0.1) is 0 Å². The van der Waals surface area contributed by atoms with E-state index >= 15 is 0 Å². The van der Waals surface area contributed by atoms with Crippen molar-refractivity contribution in [1.82, 2.24) is 4.31 Å². The Morgan fingerprint density at radius 1 is 0.791 bits per heavy atom. The number of aryl methyl sites for hydroxylation is 2. The first kappa shape index (κ1) is 29.5. The van der Waals surface area contributed by atoms with Gasteiger partial charge in [-0.25, -0.2) is 8.42 Å². The number of rotatable bonds is 8. The van der Waals surface area contributed by atoms with E-state index in [4.69, 9.17) is 25.8 Å². The SMILES string of the molecule is COc1ccc(CN(Cc2ccc(OC)cc2)S(=O)(=O)c2ccc3c(c2)CC[C@@]2(CCCc4cc(Cl)ccc42)CO3)cc1. The van der Waals surface area contributed by atoms with E-state index in [2.05, 4.69) is 12.1 Å². The third-order valence-electron chi connectivity index (χ3n) is 8.82. The first-order valence-corrected chi connectivity index (χ1v) is 16.4. The normalized spacial score (nSPS) is 18.0. The summed E-state index contributed by atoms with van der Waals surface area (Å²) in [5.41, 5.74) is 5.17. The molecule has 1 aliphatic carbocycles. The molecule has 1 atom stereocenters. The van der Waals surface area contributed by atoms with E-state index in [0.29, 0.717) is 6.61 Å². The number of hydrogen-bond acceptors (Lipinski definition) is 5. The maximum Gasteiger partial charge on any atom is 0.243 e. The highest BCUT2D eigenvalue weighted by atomic mass is 35.5. The van der Waals surface area contributed by atoms with Gasteiger partial charge < -0.3 is 14.2 Å². The minimum Gasteiger partial charge on any atom is -0.497 e. The van der Waals surface area contributed by atoms with Crippen LogP contribution >= 0.6 is 11.6 Å². The summed E-state index contributed by atoms with van der Waals surface area (Å²) >= 11 is 6.32. The van der Waals surface area contributed by atoms with Gasteiger partial charge in [-0.05, 0) is 115 Å². The van der Waals surface area contributed by atoms with Gasteiger partial charge >= 0.3 is 0 Å². The molecule has 2 aliphatic rings. The molecule has 1 heterocycles. The summed E-state index contributed by atoms with van der Waals surface area (Å²) < 4.78 is 47.1. The van der Waals surface area contributed by atoms with Crippen molar-refractivity contribution in [2.75, 3.05) is 20.8 Å². The van der Waals surface area contributed by atoms with Crippen molar-refractivity contribution in [1.29, 1.82) is 0 Å². The highest BCUT2D eigenvalue weighted by Crippen LogP contribution is 2.45. The zero-order valence-electron chi connectivity index (χ0n) is 24.5. The standard InChI is InChI=1S/C35H36ClNO5S/c1-40-30-10-5-25(6-11-30)22-37(23-26-7-12-31(41-2)13-8-26)43(38,39)32-14-16-34-28(21-32)17-19-35(24-42-34)18-3-4-27-20-29(36)9-15-33(27)35/h5-16,20-21H,3-4,17-19,22-24H2,1-2H3/t35-/m0/s1. The molecule has 1 aliphatic heterocycles. The second kappa shape index (κ2) is 12.2. The fourth-order valence-electron chi connectivity index (χ4n) is 6.41. The summed E-state index contributed by atoms with van der Waals surface area (Å²) in [7, 11) is -0.634. The molecule has 6 nitrogen and oxygen atoms in total. The number of benzene rings is 4. The lowest BCUT2D eigenvalue weighted by atomic mass is 9.68. The Bertz CT molecular complexity index is 1660. The van der Waals surface area contributed by atoms with E-state index in [1.165, 1.54) is 15.4 Å². The Balaban J connectivity index is 1.30. The number of nitrogens with zero attached hydrogens (tertiary/aromatic N) is 1. The molecular weight excluding hydrogens is 582 g/mol. The van der Waals surface area contributed by atoms with Crippen LogP contribution < -0.4 is 14.2 Å². The molecule has 0 saturated carbocycles. The number of ether oxygens (including phenoxy) is 3. The van der Waals surface area contributed by atoms with E-state index in [9.17, 15) is 8.42 Å². The minimum absolute atomic E-state index is 0.106. The lowest BCUT2D eigenvalue weighted by Gasteiger charge is -2.38. The van der Waals surface area contributed by atoms with Crippen molar-refractivity contribution in [2.24, 2.45) is 0 Å². The van der Waals surface area contributed by atoms with Gasteiger partial charge in [0.2, 0.25) is 10.0 Å². The highest BCUT2D eigenvalue weighted by molar-refractivity contribution is 7.89. The molecule has 4 aromatic carbocycles. The summed E-state index contributed by atoms with van der Waals surface area (Å²) in [6, 6.07) is 26.5. The van der Waals surface area contributed by atoms with E-state index in [1.807, 2.05) is 66.7 Å². The fraction of sp³-hybridized carbons (Fsp3) is 0.314. The zero-order valence-corrected chi connectivity index (χ0v) is 26.1. The Hall–Kier alpha value is -3.52. The third-order valence-corrected chi connectivity index (χ3v) is 10.8. The van der Waals surface area contributed by atoms with Crippen molar-refractivity contribution in [3.63, 3.8) is 0 Å². The molecule has 0 fully saturated rings. The smallest absolute Gasteiger partial charge is 0.243 e. The maximum absolute atomic E-state index is 14.3. The Morgan fingerprint density at radius 2 is 1.44 bits per heavy atom. The van der Waals surface area contributed by atoms with Gasteiger partial charge in [0.15, 0.2) is 0 Å². The van der Waals surface area contributed by atoms with Gasteiger partial charge in [0, 0.05) is 23.5 Å². The molecule has 0 radical (unpaired) electrons. The predicted octanol–water partition coefficient (Wildman–Crippen LogP) is 7.35. The Labute approximate surface area is 259 Å². The van der Waals surface area contributed by atoms with E-state index in [1.54, 1.807) is 20.3 Å². The maximum atomic E-state index is 14.3. The van der Waals surface area contributed by atoms with Gasteiger partial charge in [0.1, 0.15) is 17.2 Å². The van der Waals surface area contributed by atoms with Crippen LogP contribution in [0.15, 0.2) is 89.8 Å². The number of sulfonamides is 1. The summed E-state index contributed by atoms with van der Waals surface area (Å²) in [5.74, 6) is 2.20. The number of methoxy groups -OCH3 is 2. The first-order valence-electron chi connectivity index (χ1n) is 14.6. The van der Waals surface area contributed by atoms with Crippen molar-refractivity contribution >= 4 is 21.6 Å². The quantitative estimate of drug-likeness (QED) is 0.207. The van der Waals surface area contributed by atoms with Crippen molar-refractivity contribution in [3.05, 3.63) is 118 Å². The lowest BCUT2D eigenvalue weighted by molar-refractivity contribution is 0.195. The van der Waals surface area contributed by atoms with Gasteiger partial charge in [-0.1, -0.05) is 41.9 Å². The van der Waals surface area contributed by atoms with E-state index in [0.717, 1.165) is 71.1 Å². The average Bonchev–Trinajstić information content (AvgIpc) is 3.21. The predicted molar refractivity (Wildman–Crippen MR) is 169 cm³/mol. The summed E-state index contributed by atoms with van der Waals surface area (Å²) in [6.07, 6.45) is 4.76. The van der Waals surface area contributed by atoms with E-state index < -0.39 is 10.0 Å². The van der Waals surface area contributed by atoms with Crippen LogP contribution in [-0.4, -0.2) is 33.5 Å². The Morgan fingerprint density at radius 3 is 2.07 bits per heavy atom. The molecule has 1 spiro atoms. The van der Waals surface area contributed by atoms with Crippen LogP contribution in [-0.2, 0) is 41.4 Å². The van der Waals surface area contributed by atoms with Gasteiger partial charge in [-0.3, -0.25) is 0 Å². The molecule has 4 aromatic rings. The van der Waals surface area contributed by atoms with E-state index in [-0.39, 0.29) is 23.4 Å². The van der Waals surface area contributed by atoms with Crippen LogP contribution in [0.1, 0.15) is 47.1 Å². The van der Waals surface area contributed by atoms with Crippen molar-refractivity contribution < 1.29 is 22.6 Å². The largest absolute Gasteiger partial charge is 0.497 e. The van der Waals surface area contributed by atoms with Crippen molar-refractivity contribution in [3.8, 4) is 17.2 Å². The summed E-state index contributed by atoms with van der Waals surface area (Å²) in [5, 5.41) is 0.761. The molecule has 43 heavy (non-hydrogen) atoms. The Kier molecular flexibility index (Phi) is 8.40. The summed E-state index contributed by atoms with van der Waals surface area (Å²) in [6.45, 7) is 1.00. The van der Waals surface area contributed by atoms with Crippen molar-refractivity contribution in [2.45, 2.75) is 55.5 Å². The van der Waals surface area contributed by atoms with Crippen LogP contribution in [0.5, 0.6) is 17.2 Å². The molecule has 8 heteroatoms. The molecule has 0 N–H and O–H groups in total. The summed E-state index contributed by atoms with van der Waals surface area (Å²) in [4.78, 5) is 0.267. The monoisotopic (exact) mass is 617 g/mol. The highest BCUT2D eigenvalue weighted by Gasteiger charge is 2.39. The van der Waals surface area contributed by atoms with Gasteiger partial charge in [-0.2, -0.15) is 4.31 Å². The molecule has 224 valence electrons. The molecule has 0 unspecified atom stereocenters. The molecule has 6 rings (SSSR count). The molecule has 0 amide bonds. The average molecular weight is 618 g/mol. The van der Waals surface area contributed by atoms with Crippen LogP contribution in [0.25, 0.3) is 0 Å². The molecule has 0 aromatic heterocycles.